The Morgan fingerprint density at radius 2 is 1.82 bits per heavy atom. The van der Waals surface area contributed by atoms with Crippen molar-refractivity contribution in [2.75, 3.05) is 19.7 Å². The van der Waals surface area contributed by atoms with Crippen molar-refractivity contribution < 1.29 is 24.2 Å². The van der Waals surface area contributed by atoms with Crippen LogP contribution in [0.2, 0.25) is 0 Å². The zero-order valence-electron chi connectivity index (χ0n) is 20.9. The van der Waals surface area contributed by atoms with Gasteiger partial charge < -0.3 is 25.4 Å². The lowest BCUT2D eigenvalue weighted by Crippen LogP contribution is -2.57. The van der Waals surface area contributed by atoms with Crippen molar-refractivity contribution in [2.45, 2.75) is 114 Å². The van der Waals surface area contributed by atoms with Gasteiger partial charge >= 0.3 is 0 Å². The smallest absolute Gasteiger partial charge is 0.246 e. The van der Waals surface area contributed by atoms with E-state index in [0.29, 0.717) is 25.9 Å². The highest BCUT2D eigenvalue weighted by Gasteiger charge is 2.77. The highest BCUT2D eigenvalue weighted by Crippen LogP contribution is 2.63. The van der Waals surface area contributed by atoms with Crippen LogP contribution in [0.4, 0.5) is 0 Å². The van der Waals surface area contributed by atoms with Crippen LogP contribution in [0.5, 0.6) is 0 Å². The molecule has 8 nitrogen and oxygen atoms in total. The number of aliphatic hydroxyl groups is 1. The third-order valence-electron chi connectivity index (χ3n) is 8.62. The first kappa shape index (κ1) is 25.4. The Morgan fingerprint density at radius 3 is 2.53 bits per heavy atom. The van der Waals surface area contributed by atoms with E-state index in [9.17, 15) is 14.4 Å². The van der Waals surface area contributed by atoms with Crippen LogP contribution in [-0.4, -0.2) is 70.7 Å². The Labute approximate surface area is 203 Å². The first-order valence-corrected chi connectivity index (χ1v) is 13.6. The summed E-state index contributed by atoms with van der Waals surface area (Å²) in [4.78, 5) is 42.6. The van der Waals surface area contributed by atoms with Gasteiger partial charge in [0.1, 0.15) is 11.6 Å². The van der Waals surface area contributed by atoms with Crippen molar-refractivity contribution >= 4 is 17.7 Å². The van der Waals surface area contributed by atoms with Crippen molar-refractivity contribution in [1.82, 2.24) is 15.5 Å². The van der Waals surface area contributed by atoms with Crippen molar-refractivity contribution in [2.24, 2.45) is 11.8 Å². The Balaban J connectivity index is 1.59. The summed E-state index contributed by atoms with van der Waals surface area (Å²) >= 11 is 0. The average Bonchev–Trinajstić information content (AvgIpc) is 3.39. The van der Waals surface area contributed by atoms with Gasteiger partial charge in [0, 0.05) is 25.7 Å². The van der Waals surface area contributed by atoms with E-state index >= 15 is 0 Å². The molecule has 4 aliphatic rings. The summed E-state index contributed by atoms with van der Waals surface area (Å²) in [6.45, 7) is 5.17. The first-order valence-electron chi connectivity index (χ1n) is 13.6. The molecule has 4 fully saturated rings. The molecule has 0 radical (unpaired) electrons. The molecule has 3 heterocycles. The maximum absolute atomic E-state index is 13.9. The zero-order valence-corrected chi connectivity index (χ0v) is 20.9. The van der Waals surface area contributed by atoms with Crippen LogP contribution >= 0.6 is 0 Å². The van der Waals surface area contributed by atoms with Crippen molar-refractivity contribution in [3.8, 4) is 0 Å². The van der Waals surface area contributed by atoms with E-state index in [4.69, 9.17) is 9.84 Å². The van der Waals surface area contributed by atoms with E-state index < -0.39 is 29.1 Å². The standard InChI is InChI=1S/C26H43N3O5/c1-3-15-27-22(31)19-20-24(33)29(16-9-4-5-10-17-30)21(26(20)14-13-25(19,2)34-26)23(32)28-18-11-7-6-8-12-18/h18-21,30H,3-17H2,1-2H3,(H,27,31)(H,28,32)/t19-,20-,21?,25+,26?/m0/s1. The predicted molar refractivity (Wildman–Crippen MR) is 128 cm³/mol. The molecule has 2 bridgehead atoms. The van der Waals surface area contributed by atoms with Crippen molar-refractivity contribution in [1.29, 1.82) is 0 Å². The fourth-order valence-corrected chi connectivity index (χ4v) is 7.00. The average molecular weight is 478 g/mol. The lowest BCUT2D eigenvalue weighted by Gasteiger charge is -2.35. The van der Waals surface area contributed by atoms with E-state index in [2.05, 4.69) is 10.6 Å². The molecule has 0 aromatic carbocycles. The number of fused-ring (bicyclic) bond motifs is 1. The summed E-state index contributed by atoms with van der Waals surface area (Å²) in [5.74, 6) is -1.52. The van der Waals surface area contributed by atoms with Gasteiger partial charge in [-0.2, -0.15) is 0 Å². The van der Waals surface area contributed by atoms with E-state index in [1.165, 1.54) is 6.42 Å². The molecule has 2 unspecified atom stereocenters. The van der Waals surface area contributed by atoms with Crippen LogP contribution in [-0.2, 0) is 19.1 Å². The fourth-order valence-electron chi connectivity index (χ4n) is 7.00. The quantitative estimate of drug-likeness (QED) is 0.396. The zero-order chi connectivity index (χ0) is 24.3. The number of rotatable bonds is 11. The molecule has 4 rings (SSSR count). The Kier molecular flexibility index (Phi) is 7.87. The third kappa shape index (κ3) is 4.48. The van der Waals surface area contributed by atoms with Crippen LogP contribution in [0.15, 0.2) is 0 Å². The van der Waals surface area contributed by atoms with Crippen LogP contribution in [0.25, 0.3) is 0 Å². The van der Waals surface area contributed by atoms with Gasteiger partial charge in [-0.3, -0.25) is 14.4 Å². The normalized spacial score (nSPS) is 35.0. The van der Waals surface area contributed by atoms with E-state index in [0.717, 1.165) is 57.8 Å². The maximum atomic E-state index is 13.9. The number of hydrogen-bond acceptors (Lipinski definition) is 5. The largest absolute Gasteiger partial charge is 0.396 e. The highest BCUT2D eigenvalue weighted by molar-refractivity contribution is 5.99. The maximum Gasteiger partial charge on any atom is 0.246 e. The van der Waals surface area contributed by atoms with Gasteiger partial charge in [0.25, 0.3) is 0 Å². The first-order chi connectivity index (χ1) is 16.4. The minimum Gasteiger partial charge on any atom is -0.396 e. The molecule has 3 saturated heterocycles. The molecule has 0 aromatic heterocycles. The number of carbonyl (C=O) groups excluding carboxylic acids is 3. The summed E-state index contributed by atoms with van der Waals surface area (Å²) < 4.78 is 6.64. The number of likely N-dealkylation sites (tertiary alicyclic amines) is 1. The number of ether oxygens (including phenoxy) is 1. The van der Waals surface area contributed by atoms with Crippen molar-refractivity contribution in [3.05, 3.63) is 0 Å². The molecule has 3 amide bonds. The Bertz CT molecular complexity index is 770. The number of unbranched alkanes of at least 4 members (excludes halogenated alkanes) is 3. The molecular formula is C26H43N3O5. The van der Waals surface area contributed by atoms with Gasteiger partial charge in [0.15, 0.2) is 0 Å². The summed E-state index contributed by atoms with van der Waals surface area (Å²) in [6, 6.07) is -0.536. The summed E-state index contributed by atoms with van der Waals surface area (Å²) in [6.07, 6.45) is 10.8. The fraction of sp³-hybridized carbons (Fsp3) is 0.885. The van der Waals surface area contributed by atoms with Crippen molar-refractivity contribution in [3.63, 3.8) is 0 Å². The number of nitrogens with zero attached hydrogens (tertiary/aromatic N) is 1. The molecule has 192 valence electrons. The topological polar surface area (TPSA) is 108 Å². The van der Waals surface area contributed by atoms with Gasteiger partial charge in [0.2, 0.25) is 17.7 Å². The van der Waals surface area contributed by atoms with Crippen LogP contribution in [0.1, 0.15) is 90.9 Å². The number of carbonyl (C=O) groups is 3. The van der Waals surface area contributed by atoms with E-state index in [-0.39, 0.29) is 30.4 Å². The van der Waals surface area contributed by atoms with Crippen LogP contribution < -0.4 is 10.6 Å². The van der Waals surface area contributed by atoms with Crippen LogP contribution in [0.3, 0.4) is 0 Å². The van der Waals surface area contributed by atoms with Gasteiger partial charge in [-0.1, -0.05) is 39.0 Å². The molecule has 0 aromatic rings. The Hall–Kier alpha value is -1.67. The second kappa shape index (κ2) is 10.5. The lowest BCUT2D eigenvalue weighted by atomic mass is 9.66. The number of aliphatic hydroxyl groups excluding tert-OH is 1. The molecular weight excluding hydrogens is 434 g/mol. The molecule has 1 saturated carbocycles. The summed E-state index contributed by atoms with van der Waals surface area (Å²) in [5, 5.41) is 15.3. The third-order valence-corrected chi connectivity index (χ3v) is 8.62. The highest BCUT2D eigenvalue weighted by atomic mass is 16.5. The number of amides is 3. The molecule has 34 heavy (non-hydrogen) atoms. The minimum atomic E-state index is -0.927. The number of hydrogen-bond donors (Lipinski definition) is 3. The van der Waals surface area contributed by atoms with Gasteiger partial charge in [-0.05, 0) is 51.9 Å². The molecule has 1 aliphatic carbocycles. The summed E-state index contributed by atoms with van der Waals surface area (Å²) in [7, 11) is 0. The van der Waals surface area contributed by atoms with Gasteiger partial charge in [-0.15, -0.1) is 0 Å². The van der Waals surface area contributed by atoms with E-state index in [1.807, 2.05) is 13.8 Å². The second-order valence-corrected chi connectivity index (χ2v) is 11.0. The molecule has 8 heteroatoms. The van der Waals surface area contributed by atoms with E-state index in [1.54, 1.807) is 4.90 Å². The van der Waals surface area contributed by atoms with Crippen LogP contribution in [0, 0.1) is 11.8 Å². The minimum absolute atomic E-state index is 0.106. The van der Waals surface area contributed by atoms with Gasteiger partial charge in [0.05, 0.1) is 17.4 Å². The lowest BCUT2D eigenvalue weighted by molar-refractivity contribution is -0.146. The second-order valence-electron chi connectivity index (χ2n) is 11.0. The molecule has 3 aliphatic heterocycles. The monoisotopic (exact) mass is 477 g/mol. The molecule has 1 spiro atoms. The Morgan fingerprint density at radius 1 is 1.09 bits per heavy atom. The molecule has 3 N–H and O–H groups in total. The SMILES string of the molecule is CCCNC(=O)[C@@H]1[C@H]2C(=O)N(CCCCCCO)C(C(=O)NC3CCCCC3)C23CC[C@@]1(C)O3. The summed E-state index contributed by atoms with van der Waals surface area (Å²) in [5.41, 5.74) is -1.64. The predicted octanol–water partition coefficient (Wildman–Crippen LogP) is 2.28. The van der Waals surface area contributed by atoms with Gasteiger partial charge in [-0.25, -0.2) is 0 Å². The number of nitrogens with one attached hydrogen (secondary N) is 2. The molecule has 5 atom stereocenters.